The second-order valence-electron chi connectivity index (χ2n) is 19.0. The third-order valence-electron chi connectivity index (χ3n) is 12.6. The number of aliphatic carboxylic acids is 4. The van der Waals surface area contributed by atoms with Crippen molar-refractivity contribution < 1.29 is 75.4 Å². The highest BCUT2D eigenvalue weighted by molar-refractivity contribution is 7.89. The number of anilines is 1. The van der Waals surface area contributed by atoms with Gasteiger partial charge in [0.25, 0.3) is 16.0 Å². The molecule has 2 atom stereocenters. The zero-order valence-corrected chi connectivity index (χ0v) is 45.3. The van der Waals surface area contributed by atoms with Gasteiger partial charge in [0.15, 0.2) is 5.95 Å². The van der Waals surface area contributed by atoms with Crippen molar-refractivity contribution >= 4 is 78.6 Å². The summed E-state index contributed by atoms with van der Waals surface area (Å²) in [5.41, 5.74) is 1.30. The highest BCUT2D eigenvalue weighted by atomic mass is 32.2. The number of H-pyrrole nitrogens is 1. The van der Waals surface area contributed by atoms with Gasteiger partial charge in [-0.1, -0.05) is 23.8 Å². The van der Waals surface area contributed by atoms with Crippen LogP contribution in [-0.2, 0) is 62.0 Å². The SMILES string of the molecule is Cc1cc(C)c(S(=O)(=O)NC(CNC(=O)c2cn(CCCNC(=O)[C@H](CS(=O)(=O)O)NC(=O)CN3CCN(CC(=O)O)CCN(CC(=O)O)CCN(CC(=O)O)CC3)c3cc(CNc4ncc[nH]4)ccc3c2=O)C(=O)O)c(C)c1. The predicted molar refractivity (Wildman–Crippen MR) is 283 cm³/mol. The first-order valence-corrected chi connectivity index (χ1v) is 27.8. The Morgan fingerprint density at radius 2 is 1.28 bits per heavy atom. The molecule has 0 spiro atoms. The number of carbonyl (C=O) groups excluding carboxylic acids is 3. The Labute approximate surface area is 454 Å². The minimum atomic E-state index is -4.91. The van der Waals surface area contributed by atoms with E-state index in [0.29, 0.717) is 28.2 Å². The first-order chi connectivity index (χ1) is 37.2. The number of fused-ring (bicyclic) bond motifs is 1. The highest BCUT2D eigenvalue weighted by Crippen LogP contribution is 2.22. The number of hydrogen-bond acceptors (Lipinski definition) is 18. The molecule has 2 aromatic carbocycles. The molecular weight excluding hydrogens is 1080 g/mol. The maximum absolute atomic E-state index is 14.0. The van der Waals surface area contributed by atoms with Crippen molar-refractivity contribution in [3.05, 3.63) is 87.0 Å². The second-order valence-corrected chi connectivity index (χ2v) is 22.1. The number of hydrogen-bond donors (Lipinski definition) is 11. The summed E-state index contributed by atoms with van der Waals surface area (Å²) in [6.07, 6.45) is 4.39. The third-order valence-corrected chi connectivity index (χ3v) is 15.1. The van der Waals surface area contributed by atoms with Crippen LogP contribution in [0.15, 0.2) is 58.6 Å². The zero-order chi connectivity index (χ0) is 58.2. The van der Waals surface area contributed by atoms with Crippen LogP contribution < -0.4 is 31.4 Å². The van der Waals surface area contributed by atoms with E-state index >= 15 is 0 Å². The van der Waals surface area contributed by atoms with E-state index in [4.69, 9.17) is 0 Å². The first kappa shape index (κ1) is 62.5. The number of nitrogens with one attached hydrogen (secondary N) is 6. The molecule has 0 aliphatic carbocycles. The first-order valence-electron chi connectivity index (χ1n) is 24.8. The lowest BCUT2D eigenvalue weighted by Gasteiger charge is -2.33. The number of aryl methyl sites for hydroxylation is 4. The fourth-order valence-corrected chi connectivity index (χ4v) is 11.3. The number of pyridine rings is 1. The average molecular weight is 1150 g/mol. The van der Waals surface area contributed by atoms with Crippen LogP contribution in [0.1, 0.15) is 39.0 Å². The van der Waals surface area contributed by atoms with E-state index in [1.54, 1.807) is 61.0 Å². The van der Waals surface area contributed by atoms with Gasteiger partial charge in [-0.2, -0.15) is 13.1 Å². The number of carboxylic acid groups (broad SMARTS) is 4. The number of carboxylic acids is 4. The Morgan fingerprint density at radius 1 is 0.734 bits per heavy atom. The number of imidazole rings is 1. The predicted octanol–water partition coefficient (Wildman–Crippen LogP) is -2.22. The summed E-state index contributed by atoms with van der Waals surface area (Å²) in [5, 5.41) is 48.9. The van der Waals surface area contributed by atoms with Crippen LogP contribution in [0.2, 0.25) is 0 Å². The van der Waals surface area contributed by atoms with Crippen molar-refractivity contribution in [1.82, 2.24) is 54.8 Å². The molecule has 31 heteroatoms. The van der Waals surface area contributed by atoms with Crippen LogP contribution in [0.3, 0.4) is 0 Å². The van der Waals surface area contributed by atoms with E-state index in [9.17, 15) is 80.2 Å². The lowest BCUT2D eigenvalue weighted by molar-refractivity contribution is -0.140. The monoisotopic (exact) mass is 1150 g/mol. The van der Waals surface area contributed by atoms with Crippen molar-refractivity contribution in [2.45, 2.75) is 57.3 Å². The van der Waals surface area contributed by atoms with Gasteiger partial charge < -0.3 is 51.2 Å². The summed E-state index contributed by atoms with van der Waals surface area (Å²) in [6, 6.07) is 4.29. The van der Waals surface area contributed by atoms with Gasteiger partial charge in [-0.05, 0) is 56.0 Å². The molecule has 3 heterocycles. The third kappa shape index (κ3) is 19.8. The minimum absolute atomic E-state index is 0.0269. The molecule has 1 saturated heterocycles. The van der Waals surface area contributed by atoms with Crippen molar-refractivity contribution in [2.75, 3.05) is 103 Å². The Kier molecular flexibility index (Phi) is 22.5. The van der Waals surface area contributed by atoms with E-state index in [1.165, 1.54) is 32.8 Å². The summed E-state index contributed by atoms with van der Waals surface area (Å²) in [4.78, 5) is 115. The van der Waals surface area contributed by atoms with Gasteiger partial charge in [0.2, 0.25) is 27.3 Å². The lowest BCUT2D eigenvalue weighted by atomic mass is 10.1. The largest absolute Gasteiger partial charge is 0.480 e. The Hall–Kier alpha value is -7.39. The van der Waals surface area contributed by atoms with Crippen LogP contribution in [0, 0.1) is 20.8 Å². The normalized spacial score (nSPS) is 15.5. The van der Waals surface area contributed by atoms with Crippen LogP contribution >= 0.6 is 0 Å². The number of rotatable bonds is 26. The van der Waals surface area contributed by atoms with Crippen molar-refractivity contribution in [3.8, 4) is 0 Å². The molecule has 79 heavy (non-hydrogen) atoms. The van der Waals surface area contributed by atoms with Gasteiger partial charge in [0.1, 0.15) is 23.4 Å². The van der Waals surface area contributed by atoms with E-state index < -0.39 is 117 Å². The molecule has 432 valence electrons. The van der Waals surface area contributed by atoms with Gasteiger partial charge in [-0.3, -0.25) is 62.5 Å². The van der Waals surface area contributed by atoms with Gasteiger partial charge in [-0.15, -0.1) is 0 Å². The number of aromatic nitrogens is 3. The van der Waals surface area contributed by atoms with E-state index in [0.717, 1.165) is 5.56 Å². The molecule has 11 N–H and O–H groups in total. The van der Waals surface area contributed by atoms with Crippen molar-refractivity contribution in [3.63, 3.8) is 0 Å². The van der Waals surface area contributed by atoms with E-state index in [2.05, 4.69) is 36.0 Å². The molecule has 0 bridgehead atoms. The molecule has 1 fully saturated rings. The Morgan fingerprint density at radius 3 is 1.77 bits per heavy atom. The molecule has 0 radical (unpaired) electrons. The van der Waals surface area contributed by atoms with Gasteiger partial charge in [0, 0.05) is 103 Å². The second kappa shape index (κ2) is 28.5. The summed E-state index contributed by atoms with van der Waals surface area (Å²) in [7, 11) is -9.34. The number of benzene rings is 2. The quantitative estimate of drug-likeness (QED) is 0.0234. The molecule has 0 saturated carbocycles. The van der Waals surface area contributed by atoms with E-state index in [1.807, 2.05) is 0 Å². The average Bonchev–Trinajstić information content (AvgIpc) is 3.92. The van der Waals surface area contributed by atoms with Crippen LogP contribution in [0.5, 0.6) is 0 Å². The molecule has 1 aliphatic rings. The maximum Gasteiger partial charge on any atom is 0.323 e. The Balaban J connectivity index is 1.32. The van der Waals surface area contributed by atoms with Crippen LogP contribution in [-0.4, -0.2) is 227 Å². The van der Waals surface area contributed by atoms with Crippen molar-refractivity contribution in [1.29, 1.82) is 0 Å². The number of nitrogens with zero attached hydrogens (tertiary/aromatic N) is 6. The molecule has 4 aromatic rings. The van der Waals surface area contributed by atoms with E-state index in [-0.39, 0.29) is 95.2 Å². The topological polar surface area (TPSA) is 413 Å². The van der Waals surface area contributed by atoms with Crippen LogP contribution in [0.4, 0.5) is 5.95 Å². The molecule has 29 nitrogen and oxygen atoms in total. The van der Waals surface area contributed by atoms with Gasteiger partial charge in [0.05, 0.1) is 36.6 Å². The number of aromatic amines is 1. The summed E-state index contributed by atoms with van der Waals surface area (Å²) in [6.45, 7) is 3.00. The maximum atomic E-state index is 14.0. The molecular formula is C48H66N12O17S2. The highest BCUT2D eigenvalue weighted by Gasteiger charge is 2.31. The summed E-state index contributed by atoms with van der Waals surface area (Å²) < 4.78 is 64.7. The summed E-state index contributed by atoms with van der Waals surface area (Å²) >= 11 is 0. The van der Waals surface area contributed by atoms with Gasteiger partial charge in [-0.25, -0.2) is 13.4 Å². The Bertz CT molecular complexity index is 3100. The fourth-order valence-electron chi connectivity index (χ4n) is 8.95. The molecule has 2 aromatic heterocycles. The van der Waals surface area contributed by atoms with Crippen LogP contribution in [0.25, 0.3) is 10.9 Å². The zero-order valence-electron chi connectivity index (χ0n) is 43.6. The smallest absolute Gasteiger partial charge is 0.323 e. The standard InChI is InChI=1S/C48H66N12O17S2/c1-30-19-31(2)44(32(3)20-30)79(76,77)55-36(47(71)72)23-52-45(69)35-24-60(38-21-33(5-6-34(38)43(35)68)22-53-48-50-8-9-51-48)10-4-7-49-46(70)37(29-78(73,74)75)54-39(61)25-56-11-13-57(26-40(62)63)15-17-59(28-42(66)67)18-16-58(14-12-56)27-41(64)65/h5-6,8-9,19-21,24,36-37,55H,4,7,10-18,22-23,25-29H2,1-3H3,(H,49,70)(H,52,69)(H,54,61)(H,62,63)(H,64,65)(H,66,67)(H,71,72)(H2,50,51,53)(H,73,74,75)/t36?,37-/m0/s1. The fraction of sp³-hybridized carbons (Fsp3) is 0.479. The number of carbonyl (C=O) groups is 7. The number of amides is 3. The molecule has 1 unspecified atom stereocenters. The lowest BCUT2D eigenvalue weighted by Crippen LogP contribution is -2.54. The molecule has 3 amide bonds. The summed E-state index contributed by atoms with van der Waals surface area (Å²) in [5.74, 6) is -8.84. The van der Waals surface area contributed by atoms with Gasteiger partial charge >= 0.3 is 23.9 Å². The molecule has 5 rings (SSSR count). The van der Waals surface area contributed by atoms with Crippen molar-refractivity contribution in [2.24, 2.45) is 0 Å². The molecule has 1 aliphatic heterocycles. The number of sulfonamides is 1. The minimum Gasteiger partial charge on any atom is -0.480 e.